The van der Waals surface area contributed by atoms with Gasteiger partial charge in [0.2, 0.25) is 0 Å². The molecular weight excluding hydrogens is 735 g/mol. The molecule has 4 saturated carbocycles. The molecule has 0 heterocycles. The molecule has 13 rings (SSSR count). The number of rotatable bonds is 7. The predicted octanol–water partition coefficient (Wildman–Crippen LogP) is 16.4. The average Bonchev–Trinajstić information content (AvgIpc) is 3.52. The molecule has 0 amide bonds. The SMILES string of the molecule is Cc1ccc(-c2cc(-c3ccc(C45CC6CC(CC(C6)C4)C5)cc3)ccc2N(c2ccc(-c3ccc4ccccc4c3)cc2)c2ccc3c(c2)C(C)(C)c2ccccc2-3)cc1. The van der Waals surface area contributed by atoms with Crippen LogP contribution in [-0.4, -0.2) is 0 Å². The second-order valence-electron chi connectivity index (χ2n) is 19.7. The van der Waals surface area contributed by atoms with Gasteiger partial charge in [0, 0.05) is 22.4 Å². The van der Waals surface area contributed by atoms with Gasteiger partial charge in [-0.15, -0.1) is 0 Å². The fraction of sp³-hybridized carbons (Fsp3) is 0.233. The van der Waals surface area contributed by atoms with E-state index in [1.807, 2.05) is 0 Å². The van der Waals surface area contributed by atoms with Crippen LogP contribution >= 0.6 is 0 Å². The van der Waals surface area contributed by atoms with E-state index in [0.29, 0.717) is 5.41 Å². The van der Waals surface area contributed by atoms with Crippen molar-refractivity contribution in [2.75, 3.05) is 4.90 Å². The normalized spacial score (nSPS) is 21.7. The maximum atomic E-state index is 2.50. The molecule has 0 radical (unpaired) electrons. The maximum absolute atomic E-state index is 2.50. The number of aryl methyl sites for hydroxylation is 1. The molecule has 5 aliphatic rings. The minimum absolute atomic E-state index is 0.112. The Balaban J connectivity index is 0.987. The molecule has 4 bridgehead atoms. The standard InChI is InChI=1S/C60H53N/c1-39-12-14-46(15-13-39)55-34-49(44-18-23-50(24-19-44)60-36-40-30-41(37-60)32-42(31-40)38-60)22-29-58(55)61(52-27-28-54-53-10-6-7-11-56(53)59(2,3)57(54)35-52)51-25-20-45(21-26-51)48-17-16-43-8-4-5-9-47(43)33-48/h4-29,33-35,40-42H,30-32,36-38H2,1-3H3. The molecule has 8 aromatic carbocycles. The molecule has 0 N–H and O–H groups in total. The number of anilines is 3. The van der Waals surface area contributed by atoms with Gasteiger partial charge in [-0.05, 0) is 177 Å². The molecule has 4 fully saturated rings. The lowest BCUT2D eigenvalue weighted by atomic mass is 9.48. The van der Waals surface area contributed by atoms with Crippen LogP contribution in [0.25, 0.3) is 55.3 Å². The second-order valence-corrected chi connectivity index (χ2v) is 19.7. The van der Waals surface area contributed by atoms with Crippen LogP contribution in [0.5, 0.6) is 0 Å². The van der Waals surface area contributed by atoms with Gasteiger partial charge >= 0.3 is 0 Å². The van der Waals surface area contributed by atoms with Crippen LogP contribution in [0.4, 0.5) is 17.1 Å². The van der Waals surface area contributed by atoms with Crippen LogP contribution < -0.4 is 4.90 Å². The summed E-state index contributed by atoms with van der Waals surface area (Å²) >= 11 is 0. The van der Waals surface area contributed by atoms with Crippen LogP contribution in [0.15, 0.2) is 176 Å². The maximum Gasteiger partial charge on any atom is 0.0540 e. The highest BCUT2D eigenvalue weighted by Gasteiger charge is 2.51. The number of nitrogens with zero attached hydrogens (tertiary/aromatic N) is 1. The summed E-state index contributed by atoms with van der Waals surface area (Å²) in [4.78, 5) is 2.50. The Bertz CT molecular complexity index is 2930. The van der Waals surface area contributed by atoms with Gasteiger partial charge in [0.25, 0.3) is 0 Å². The van der Waals surface area contributed by atoms with E-state index in [2.05, 4.69) is 202 Å². The van der Waals surface area contributed by atoms with Gasteiger partial charge in [-0.1, -0.05) is 153 Å². The van der Waals surface area contributed by atoms with Gasteiger partial charge in [0.05, 0.1) is 5.69 Å². The van der Waals surface area contributed by atoms with Crippen LogP contribution in [0.1, 0.15) is 74.6 Å². The van der Waals surface area contributed by atoms with Gasteiger partial charge in [-0.3, -0.25) is 0 Å². The summed E-state index contributed by atoms with van der Waals surface area (Å²) in [5.41, 5.74) is 19.5. The lowest BCUT2D eigenvalue weighted by molar-refractivity contribution is -0.00518. The Morgan fingerprint density at radius 2 is 0.984 bits per heavy atom. The molecule has 0 aromatic heterocycles. The highest BCUT2D eigenvalue weighted by Crippen LogP contribution is 2.61. The van der Waals surface area contributed by atoms with Crippen molar-refractivity contribution in [3.05, 3.63) is 198 Å². The fourth-order valence-electron chi connectivity index (χ4n) is 12.8. The summed E-state index contributed by atoms with van der Waals surface area (Å²) in [6.45, 7) is 6.94. The van der Waals surface area contributed by atoms with E-state index in [1.165, 1.54) is 122 Å². The van der Waals surface area contributed by atoms with E-state index >= 15 is 0 Å². The Kier molecular flexibility index (Phi) is 8.37. The van der Waals surface area contributed by atoms with Gasteiger partial charge in [0.15, 0.2) is 0 Å². The van der Waals surface area contributed by atoms with Crippen LogP contribution in [0, 0.1) is 24.7 Å². The predicted molar refractivity (Wildman–Crippen MR) is 257 cm³/mol. The van der Waals surface area contributed by atoms with Crippen molar-refractivity contribution in [2.24, 2.45) is 17.8 Å². The van der Waals surface area contributed by atoms with E-state index in [-0.39, 0.29) is 5.41 Å². The van der Waals surface area contributed by atoms with Crippen LogP contribution in [0.2, 0.25) is 0 Å². The molecule has 61 heavy (non-hydrogen) atoms. The third-order valence-corrected chi connectivity index (χ3v) is 15.5. The monoisotopic (exact) mass is 787 g/mol. The molecule has 1 nitrogen and oxygen atoms in total. The topological polar surface area (TPSA) is 3.24 Å². The van der Waals surface area contributed by atoms with Crippen molar-refractivity contribution in [1.29, 1.82) is 0 Å². The Labute approximate surface area is 361 Å². The van der Waals surface area contributed by atoms with Crippen molar-refractivity contribution < 1.29 is 0 Å². The third kappa shape index (κ3) is 6.11. The van der Waals surface area contributed by atoms with E-state index < -0.39 is 0 Å². The molecule has 0 aliphatic heterocycles. The molecule has 298 valence electrons. The number of benzene rings is 8. The zero-order valence-corrected chi connectivity index (χ0v) is 35.7. The lowest BCUT2D eigenvalue weighted by Crippen LogP contribution is -2.48. The van der Waals surface area contributed by atoms with Crippen molar-refractivity contribution in [3.63, 3.8) is 0 Å². The van der Waals surface area contributed by atoms with Gasteiger partial charge in [-0.2, -0.15) is 0 Å². The second kappa shape index (κ2) is 13.9. The largest absolute Gasteiger partial charge is 0.310 e. The highest BCUT2D eigenvalue weighted by molar-refractivity contribution is 5.93. The van der Waals surface area contributed by atoms with Crippen LogP contribution in [0.3, 0.4) is 0 Å². The first-order valence-corrected chi connectivity index (χ1v) is 22.7. The summed E-state index contributed by atoms with van der Waals surface area (Å²) in [6.07, 6.45) is 8.64. The van der Waals surface area contributed by atoms with Gasteiger partial charge < -0.3 is 4.90 Å². The zero-order valence-electron chi connectivity index (χ0n) is 35.7. The molecule has 0 atom stereocenters. The molecular formula is C60H53N. The zero-order chi connectivity index (χ0) is 40.9. The molecule has 8 aromatic rings. The molecule has 0 unspecified atom stereocenters. The smallest absolute Gasteiger partial charge is 0.0540 e. The quantitative estimate of drug-likeness (QED) is 0.155. The molecule has 0 saturated heterocycles. The number of hydrogen-bond donors (Lipinski definition) is 0. The van der Waals surface area contributed by atoms with E-state index in [9.17, 15) is 0 Å². The Morgan fingerprint density at radius 3 is 1.70 bits per heavy atom. The number of hydrogen-bond acceptors (Lipinski definition) is 1. The van der Waals surface area contributed by atoms with E-state index in [1.54, 1.807) is 5.56 Å². The first kappa shape index (κ1) is 36.7. The summed E-state index contributed by atoms with van der Waals surface area (Å²) in [5.74, 6) is 2.83. The third-order valence-electron chi connectivity index (χ3n) is 15.5. The number of fused-ring (bicyclic) bond motifs is 4. The fourth-order valence-corrected chi connectivity index (χ4v) is 12.8. The average molecular weight is 788 g/mol. The minimum atomic E-state index is -0.112. The molecule has 1 heteroatoms. The van der Waals surface area contributed by atoms with Gasteiger partial charge in [-0.25, -0.2) is 0 Å². The van der Waals surface area contributed by atoms with Crippen molar-refractivity contribution in [3.8, 4) is 44.5 Å². The van der Waals surface area contributed by atoms with E-state index in [4.69, 9.17) is 0 Å². The summed E-state index contributed by atoms with van der Waals surface area (Å²) in [5, 5.41) is 2.53. The van der Waals surface area contributed by atoms with Crippen molar-refractivity contribution in [1.82, 2.24) is 0 Å². The summed E-state index contributed by atoms with van der Waals surface area (Å²) in [6, 6.07) is 66.9. The first-order valence-electron chi connectivity index (χ1n) is 22.7. The summed E-state index contributed by atoms with van der Waals surface area (Å²) in [7, 11) is 0. The molecule has 5 aliphatic carbocycles. The Morgan fingerprint density at radius 1 is 0.426 bits per heavy atom. The van der Waals surface area contributed by atoms with Crippen LogP contribution in [-0.2, 0) is 10.8 Å². The first-order chi connectivity index (χ1) is 29.8. The lowest BCUT2D eigenvalue weighted by Gasteiger charge is -2.57. The van der Waals surface area contributed by atoms with Crippen molar-refractivity contribution in [2.45, 2.75) is 70.1 Å². The van der Waals surface area contributed by atoms with Gasteiger partial charge in [0.1, 0.15) is 0 Å². The minimum Gasteiger partial charge on any atom is -0.310 e. The van der Waals surface area contributed by atoms with E-state index in [0.717, 1.165) is 23.4 Å². The Hall–Kier alpha value is -6.18. The van der Waals surface area contributed by atoms with Crippen molar-refractivity contribution >= 4 is 27.8 Å². The highest BCUT2D eigenvalue weighted by atomic mass is 15.1. The summed E-state index contributed by atoms with van der Waals surface area (Å²) < 4.78 is 0. The molecule has 0 spiro atoms.